The number of nitrogens with zero attached hydrogens (tertiary/aromatic N) is 1. The SMILES string of the molecule is Cl.NNc1ccccc1[N+](=O)[O-]. The van der Waals surface area contributed by atoms with Crippen LogP contribution in [0.3, 0.4) is 0 Å². The molecule has 3 N–H and O–H groups in total. The van der Waals surface area contributed by atoms with Crippen LogP contribution < -0.4 is 11.3 Å². The van der Waals surface area contributed by atoms with Gasteiger partial charge in [0.1, 0.15) is 5.69 Å². The number of nitrogen functional groups attached to an aromatic ring is 1. The Kier molecular flexibility index (Phi) is 4.03. The van der Waals surface area contributed by atoms with Crippen molar-refractivity contribution in [3.63, 3.8) is 0 Å². The minimum absolute atomic E-state index is 0. The fourth-order valence-electron chi connectivity index (χ4n) is 0.755. The summed E-state index contributed by atoms with van der Waals surface area (Å²) >= 11 is 0. The van der Waals surface area contributed by atoms with Crippen LogP contribution in [0, 0.1) is 10.1 Å². The molecule has 0 aliphatic heterocycles. The van der Waals surface area contributed by atoms with Crippen LogP contribution in [0.2, 0.25) is 0 Å². The predicted molar refractivity (Wildman–Crippen MR) is 48.2 cm³/mol. The van der Waals surface area contributed by atoms with E-state index in [9.17, 15) is 10.1 Å². The molecule has 1 aromatic rings. The molecule has 0 bridgehead atoms. The summed E-state index contributed by atoms with van der Waals surface area (Å²) in [5, 5.41) is 10.3. The van der Waals surface area contributed by atoms with Gasteiger partial charge in [0.2, 0.25) is 0 Å². The van der Waals surface area contributed by atoms with E-state index in [1.165, 1.54) is 12.1 Å². The van der Waals surface area contributed by atoms with E-state index < -0.39 is 4.92 Å². The molecule has 0 radical (unpaired) electrons. The van der Waals surface area contributed by atoms with E-state index in [1.807, 2.05) is 0 Å². The van der Waals surface area contributed by atoms with Gasteiger partial charge in [0.05, 0.1) is 4.92 Å². The summed E-state index contributed by atoms with van der Waals surface area (Å²) < 4.78 is 0. The molecular weight excluding hydrogens is 182 g/mol. The highest BCUT2D eigenvalue weighted by molar-refractivity contribution is 5.85. The molecule has 66 valence electrons. The second-order valence-electron chi connectivity index (χ2n) is 1.92. The highest BCUT2D eigenvalue weighted by Gasteiger charge is 2.09. The molecule has 1 rings (SSSR count). The van der Waals surface area contributed by atoms with Crippen molar-refractivity contribution in [1.82, 2.24) is 0 Å². The highest BCUT2D eigenvalue weighted by Crippen LogP contribution is 2.21. The number of nitrogens with two attached hydrogens (primary N) is 1. The minimum Gasteiger partial charge on any atom is -0.318 e. The number of halogens is 1. The zero-order chi connectivity index (χ0) is 8.27. The Morgan fingerprint density at radius 2 is 2.00 bits per heavy atom. The zero-order valence-electron chi connectivity index (χ0n) is 6.06. The predicted octanol–water partition coefficient (Wildman–Crippen LogP) is 1.30. The number of nitrogens with one attached hydrogen (secondary N) is 1. The normalized spacial score (nSPS) is 8.42. The minimum atomic E-state index is -0.491. The third-order valence-corrected chi connectivity index (χ3v) is 1.26. The number of benzene rings is 1. The average molecular weight is 190 g/mol. The van der Waals surface area contributed by atoms with Crippen LogP contribution >= 0.6 is 12.4 Å². The quantitative estimate of drug-likeness (QED) is 0.418. The molecule has 0 unspecified atom stereocenters. The van der Waals surface area contributed by atoms with Gasteiger partial charge >= 0.3 is 0 Å². The van der Waals surface area contributed by atoms with Gasteiger partial charge in [-0.25, -0.2) is 0 Å². The van der Waals surface area contributed by atoms with Crippen molar-refractivity contribution >= 4 is 23.8 Å². The number of nitro groups is 1. The molecule has 12 heavy (non-hydrogen) atoms. The smallest absolute Gasteiger partial charge is 0.293 e. The maximum atomic E-state index is 10.3. The molecule has 0 atom stereocenters. The average Bonchev–Trinajstić information content (AvgIpc) is 2.04. The Bertz CT molecular complexity index is 279. The molecule has 5 nitrogen and oxygen atoms in total. The summed E-state index contributed by atoms with van der Waals surface area (Å²) in [4.78, 5) is 9.80. The third-order valence-electron chi connectivity index (χ3n) is 1.26. The fraction of sp³-hybridized carbons (Fsp3) is 0. The molecule has 0 aliphatic rings. The van der Waals surface area contributed by atoms with Gasteiger partial charge in [0, 0.05) is 6.07 Å². The van der Waals surface area contributed by atoms with Crippen molar-refractivity contribution in [1.29, 1.82) is 0 Å². The van der Waals surface area contributed by atoms with Gasteiger partial charge in [0.15, 0.2) is 0 Å². The van der Waals surface area contributed by atoms with Gasteiger partial charge in [-0.15, -0.1) is 12.4 Å². The second kappa shape index (κ2) is 4.53. The van der Waals surface area contributed by atoms with E-state index >= 15 is 0 Å². The topological polar surface area (TPSA) is 81.2 Å². The van der Waals surface area contributed by atoms with Crippen molar-refractivity contribution in [2.45, 2.75) is 0 Å². The summed E-state index contributed by atoms with van der Waals surface area (Å²) in [7, 11) is 0. The highest BCUT2D eigenvalue weighted by atomic mass is 35.5. The first-order chi connectivity index (χ1) is 5.25. The monoisotopic (exact) mass is 189 g/mol. The standard InChI is InChI=1S/C6H7N3O2.ClH/c7-8-5-3-1-2-4-6(5)9(10)11;/h1-4,8H,7H2;1H. The van der Waals surface area contributed by atoms with Gasteiger partial charge in [-0.3, -0.25) is 16.0 Å². The molecule has 0 aromatic heterocycles. The Hall–Kier alpha value is -1.33. The van der Waals surface area contributed by atoms with Gasteiger partial charge in [-0.2, -0.15) is 0 Å². The van der Waals surface area contributed by atoms with Crippen molar-refractivity contribution in [3.05, 3.63) is 34.4 Å². The lowest BCUT2D eigenvalue weighted by Gasteiger charge is -1.98. The van der Waals surface area contributed by atoms with Crippen molar-refractivity contribution in [2.24, 2.45) is 5.84 Å². The summed E-state index contributed by atoms with van der Waals surface area (Å²) in [6.45, 7) is 0. The summed E-state index contributed by atoms with van der Waals surface area (Å²) in [6, 6.07) is 6.18. The molecule has 0 amide bonds. The first-order valence-corrected chi connectivity index (χ1v) is 2.95. The number of para-hydroxylation sites is 2. The van der Waals surface area contributed by atoms with Crippen LogP contribution in [0.1, 0.15) is 0 Å². The maximum absolute atomic E-state index is 10.3. The van der Waals surface area contributed by atoms with Gasteiger partial charge in [0.25, 0.3) is 5.69 Å². The van der Waals surface area contributed by atoms with Crippen LogP contribution in [0.4, 0.5) is 11.4 Å². The van der Waals surface area contributed by atoms with Crippen LogP contribution in [0.25, 0.3) is 0 Å². The molecule has 0 saturated heterocycles. The summed E-state index contributed by atoms with van der Waals surface area (Å²) in [5.41, 5.74) is 2.53. The number of anilines is 1. The van der Waals surface area contributed by atoms with Gasteiger partial charge in [-0.1, -0.05) is 12.1 Å². The second-order valence-corrected chi connectivity index (χ2v) is 1.92. The van der Waals surface area contributed by atoms with Gasteiger partial charge < -0.3 is 5.43 Å². The molecule has 0 aliphatic carbocycles. The summed E-state index contributed by atoms with van der Waals surface area (Å²) in [6.07, 6.45) is 0. The lowest BCUT2D eigenvalue weighted by molar-refractivity contribution is -0.384. The fourth-order valence-corrected chi connectivity index (χ4v) is 0.755. The van der Waals surface area contributed by atoms with Crippen molar-refractivity contribution in [3.8, 4) is 0 Å². The maximum Gasteiger partial charge on any atom is 0.293 e. The van der Waals surface area contributed by atoms with E-state index in [1.54, 1.807) is 12.1 Å². The number of hydrogen-bond acceptors (Lipinski definition) is 4. The Morgan fingerprint density at radius 1 is 1.42 bits per heavy atom. The number of hydrazine groups is 1. The molecule has 0 heterocycles. The van der Waals surface area contributed by atoms with E-state index in [4.69, 9.17) is 5.84 Å². The van der Waals surface area contributed by atoms with Crippen molar-refractivity contribution in [2.75, 3.05) is 5.43 Å². The van der Waals surface area contributed by atoms with Gasteiger partial charge in [-0.05, 0) is 6.07 Å². The van der Waals surface area contributed by atoms with Crippen molar-refractivity contribution < 1.29 is 4.92 Å². The van der Waals surface area contributed by atoms with E-state index in [0.717, 1.165) is 0 Å². The molecule has 0 saturated carbocycles. The van der Waals surface area contributed by atoms with Crippen LogP contribution in [0.5, 0.6) is 0 Å². The Labute approximate surface area is 75.1 Å². The molecule has 0 spiro atoms. The summed E-state index contributed by atoms with van der Waals surface area (Å²) in [5.74, 6) is 5.03. The largest absolute Gasteiger partial charge is 0.318 e. The van der Waals surface area contributed by atoms with E-state index in [-0.39, 0.29) is 18.1 Å². The molecule has 0 fully saturated rings. The Morgan fingerprint density at radius 3 is 2.42 bits per heavy atom. The Balaban J connectivity index is 0.00000121. The molecule has 6 heteroatoms. The lowest BCUT2D eigenvalue weighted by Crippen LogP contribution is -2.08. The molecular formula is C6H8ClN3O2. The van der Waals surface area contributed by atoms with Crippen LogP contribution in [0.15, 0.2) is 24.3 Å². The first kappa shape index (κ1) is 10.7. The van der Waals surface area contributed by atoms with Crippen LogP contribution in [-0.4, -0.2) is 4.92 Å². The number of nitro benzene ring substituents is 1. The van der Waals surface area contributed by atoms with E-state index in [2.05, 4.69) is 5.43 Å². The lowest BCUT2D eigenvalue weighted by atomic mass is 10.3. The molecule has 1 aromatic carbocycles. The number of rotatable bonds is 2. The first-order valence-electron chi connectivity index (χ1n) is 2.95. The zero-order valence-corrected chi connectivity index (χ0v) is 6.88. The van der Waals surface area contributed by atoms with E-state index in [0.29, 0.717) is 5.69 Å². The van der Waals surface area contributed by atoms with Crippen LogP contribution in [-0.2, 0) is 0 Å². The number of hydrogen-bond donors (Lipinski definition) is 2. The third kappa shape index (κ3) is 2.08.